The van der Waals surface area contributed by atoms with Crippen molar-refractivity contribution in [3.05, 3.63) is 48.0 Å². The van der Waals surface area contributed by atoms with Crippen LogP contribution in [0.15, 0.2) is 42.5 Å². The molecular weight excluding hydrogens is 268 g/mol. The molecule has 2 N–H and O–H groups in total. The quantitative estimate of drug-likeness (QED) is 0.788. The molecule has 2 aromatic carbocycles. The van der Waals surface area contributed by atoms with Crippen LogP contribution < -0.4 is 9.80 Å². The number of para-hydroxylation sites is 2. The molecule has 5 nitrogen and oxygen atoms in total. The summed E-state index contributed by atoms with van der Waals surface area (Å²) >= 11 is 0. The molecule has 0 spiro atoms. The Morgan fingerprint density at radius 3 is 2.52 bits per heavy atom. The number of fused-ring (bicyclic) bond motifs is 1. The molecule has 0 unspecified atom stereocenters. The summed E-state index contributed by atoms with van der Waals surface area (Å²) in [5.74, 6) is -0.489. The van der Waals surface area contributed by atoms with E-state index in [1.54, 1.807) is 4.90 Å². The Morgan fingerprint density at radius 1 is 1.05 bits per heavy atom. The van der Waals surface area contributed by atoms with E-state index in [2.05, 4.69) is 4.90 Å². The number of carbonyl (C=O) groups excluding carboxylic acids is 1. The van der Waals surface area contributed by atoms with Crippen LogP contribution >= 0.6 is 0 Å². The number of hydrogen-bond acceptors (Lipinski definition) is 4. The molecule has 0 fully saturated rings. The van der Waals surface area contributed by atoms with Gasteiger partial charge >= 0.3 is 0 Å². The molecule has 1 amide bonds. The van der Waals surface area contributed by atoms with Crippen LogP contribution in [0.5, 0.6) is 11.5 Å². The van der Waals surface area contributed by atoms with Gasteiger partial charge in [0.25, 0.3) is 5.91 Å². The van der Waals surface area contributed by atoms with Gasteiger partial charge in [0.2, 0.25) is 0 Å². The van der Waals surface area contributed by atoms with E-state index in [-0.39, 0.29) is 23.0 Å². The van der Waals surface area contributed by atoms with E-state index in [0.29, 0.717) is 13.1 Å². The number of nitrogens with zero attached hydrogens (tertiary/aromatic N) is 2. The molecule has 0 radical (unpaired) electrons. The highest BCUT2D eigenvalue weighted by atomic mass is 16.3. The minimum atomic E-state index is -0.316. The van der Waals surface area contributed by atoms with Gasteiger partial charge in [-0.05, 0) is 30.3 Å². The Labute approximate surface area is 122 Å². The van der Waals surface area contributed by atoms with Crippen molar-refractivity contribution in [3.63, 3.8) is 0 Å². The van der Waals surface area contributed by atoms with Gasteiger partial charge in [-0.3, -0.25) is 4.79 Å². The Morgan fingerprint density at radius 2 is 1.76 bits per heavy atom. The molecule has 0 bridgehead atoms. The van der Waals surface area contributed by atoms with E-state index < -0.39 is 0 Å². The lowest BCUT2D eigenvalue weighted by Gasteiger charge is -2.35. The fourth-order valence-electron chi connectivity index (χ4n) is 2.56. The van der Waals surface area contributed by atoms with Gasteiger partial charge in [-0.15, -0.1) is 0 Å². The largest absolute Gasteiger partial charge is 0.508 e. The van der Waals surface area contributed by atoms with Crippen LogP contribution in [-0.4, -0.2) is 36.3 Å². The van der Waals surface area contributed by atoms with Crippen molar-refractivity contribution in [2.24, 2.45) is 0 Å². The second kappa shape index (κ2) is 5.01. The Bertz CT molecular complexity index is 700. The predicted octanol–water partition coefficient (Wildman–Crippen LogP) is 2.19. The van der Waals surface area contributed by atoms with Crippen LogP contribution in [0.4, 0.5) is 11.4 Å². The summed E-state index contributed by atoms with van der Waals surface area (Å²) < 4.78 is 0. The molecule has 0 atom stereocenters. The average Bonchev–Trinajstić information content (AvgIpc) is 2.50. The van der Waals surface area contributed by atoms with Crippen LogP contribution in [-0.2, 0) is 0 Å². The van der Waals surface area contributed by atoms with Gasteiger partial charge in [-0.2, -0.15) is 0 Å². The van der Waals surface area contributed by atoms with Crippen molar-refractivity contribution < 1.29 is 15.0 Å². The molecule has 21 heavy (non-hydrogen) atoms. The molecule has 3 rings (SSSR count). The number of benzene rings is 2. The highest BCUT2D eigenvalue weighted by Crippen LogP contribution is 2.34. The molecule has 5 heteroatoms. The van der Waals surface area contributed by atoms with Gasteiger partial charge < -0.3 is 20.0 Å². The summed E-state index contributed by atoms with van der Waals surface area (Å²) in [6.45, 7) is 1.24. The zero-order valence-corrected chi connectivity index (χ0v) is 11.7. The predicted molar refractivity (Wildman–Crippen MR) is 81.2 cm³/mol. The molecule has 1 aliphatic rings. The molecule has 1 heterocycles. The number of phenols is 2. The first kappa shape index (κ1) is 13.3. The fraction of sp³-hybridized carbons (Fsp3) is 0.188. The molecule has 0 aliphatic carbocycles. The van der Waals surface area contributed by atoms with E-state index in [1.165, 1.54) is 18.2 Å². The lowest BCUT2D eigenvalue weighted by molar-refractivity contribution is 0.0984. The van der Waals surface area contributed by atoms with E-state index in [0.717, 1.165) is 11.4 Å². The van der Waals surface area contributed by atoms with Gasteiger partial charge in [0.05, 0.1) is 16.9 Å². The zero-order valence-electron chi connectivity index (χ0n) is 11.7. The summed E-state index contributed by atoms with van der Waals surface area (Å²) in [4.78, 5) is 16.4. The molecule has 0 saturated heterocycles. The van der Waals surface area contributed by atoms with Gasteiger partial charge in [-0.25, -0.2) is 0 Å². The van der Waals surface area contributed by atoms with Crippen LogP contribution in [0, 0.1) is 0 Å². The zero-order chi connectivity index (χ0) is 15.0. The molecule has 2 aromatic rings. The second-order valence-electron chi connectivity index (χ2n) is 5.07. The monoisotopic (exact) mass is 284 g/mol. The minimum absolute atomic E-state index is 0.0430. The third-order valence-electron chi connectivity index (χ3n) is 3.70. The maximum Gasteiger partial charge on any atom is 0.262 e. The van der Waals surface area contributed by atoms with E-state index >= 15 is 0 Å². The lowest BCUT2D eigenvalue weighted by Crippen LogP contribution is -2.42. The highest BCUT2D eigenvalue weighted by Gasteiger charge is 2.27. The second-order valence-corrected chi connectivity index (χ2v) is 5.07. The van der Waals surface area contributed by atoms with Crippen molar-refractivity contribution in [1.82, 2.24) is 0 Å². The fourth-order valence-corrected chi connectivity index (χ4v) is 2.56. The average molecular weight is 284 g/mol. The van der Waals surface area contributed by atoms with Crippen molar-refractivity contribution in [1.29, 1.82) is 0 Å². The number of hydrogen-bond donors (Lipinski definition) is 2. The smallest absolute Gasteiger partial charge is 0.262 e. The normalized spacial score (nSPS) is 14.0. The van der Waals surface area contributed by atoms with Crippen LogP contribution in [0.1, 0.15) is 10.4 Å². The summed E-state index contributed by atoms with van der Waals surface area (Å²) in [6.07, 6.45) is 0. The third kappa shape index (κ3) is 2.27. The number of rotatable bonds is 1. The van der Waals surface area contributed by atoms with Crippen molar-refractivity contribution in [2.45, 2.75) is 0 Å². The number of likely N-dealkylation sites (N-methyl/N-ethyl adjacent to an activating group) is 1. The highest BCUT2D eigenvalue weighted by molar-refractivity contribution is 6.10. The molecule has 1 aliphatic heterocycles. The first-order valence-electron chi connectivity index (χ1n) is 6.72. The van der Waals surface area contributed by atoms with E-state index in [4.69, 9.17) is 0 Å². The van der Waals surface area contributed by atoms with Gasteiger partial charge in [0, 0.05) is 20.1 Å². The number of amides is 1. The summed E-state index contributed by atoms with van der Waals surface area (Å²) in [5.41, 5.74) is 1.88. The Balaban J connectivity index is 2.03. The number of aromatic hydroxyl groups is 2. The molecule has 108 valence electrons. The van der Waals surface area contributed by atoms with Gasteiger partial charge in [0.1, 0.15) is 11.5 Å². The summed E-state index contributed by atoms with van der Waals surface area (Å²) in [7, 11) is 1.98. The number of phenolic OH excluding ortho intramolecular Hbond substituents is 2. The Kier molecular flexibility index (Phi) is 3.17. The van der Waals surface area contributed by atoms with E-state index in [1.807, 2.05) is 31.3 Å². The van der Waals surface area contributed by atoms with Crippen molar-refractivity contribution in [3.8, 4) is 11.5 Å². The van der Waals surface area contributed by atoms with Crippen molar-refractivity contribution in [2.75, 3.05) is 29.9 Å². The number of carbonyl (C=O) groups is 1. The van der Waals surface area contributed by atoms with Gasteiger partial charge in [-0.1, -0.05) is 12.1 Å². The minimum Gasteiger partial charge on any atom is -0.508 e. The van der Waals surface area contributed by atoms with Crippen LogP contribution in [0.3, 0.4) is 0 Å². The molecular formula is C16H16N2O3. The standard InChI is InChI=1S/C16H16N2O3/c1-17-8-9-18(14-5-3-2-4-13(14)17)16(21)12-10-11(19)6-7-15(12)20/h2-7,10,19-20H,8-9H2,1H3. The van der Waals surface area contributed by atoms with Crippen LogP contribution in [0.25, 0.3) is 0 Å². The van der Waals surface area contributed by atoms with Crippen LogP contribution in [0.2, 0.25) is 0 Å². The summed E-state index contributed by atoms with van der Waals surface area (Å²) in [5, 5.41) is 19.4. The van der Waals surface area contributed by atoms with Gasteiger partial charge in [0.15, 0.2) is 0 Å². The Hall–Kier alpha value is -2.69. The summed E-state index contributed by atoms with van der Waals surface area (Å²) in [6, 6.07) is 11.6. The maximum absolute atomic E-state index is 12.7. The molecule has 0 saturated carbocycles. The lowest BCUT2D eigenvalue weighted by atomic mass is 10.1. The first-order valence-corrected chi connectivity index (χ1v) is 6.72. The number of anilines is 2. The maximum atomic E-state index is 12.7. The van der Waals surface area contributed by atoms with Crippen molar-refractivity contribution >= 4 is 17.3 Å². The van der Waals surface area contributed by atoms with E-state index in [9.17, 15) is 15.0 Å². The molecule has 0 aromatic heterocycles. The SMILES string of the molecule is CN1CCN(C(=O)c2cc(O)ccc2O)c2ccccc21. The topological polar surface area (TPSA) is 64.0 Å². The third-order valence-corrected chi connectivity index (χ3v) is 3.70. The first-order chi connectivity index (χ1) is 10.1.